The molecule has 0 aliphatic rings. The Morgan fingerprint density at radius 1 is 0.800 bits per heavy atom. The summed E-state index contributed by atoms with van der Waals surface area (Å²) in [7, 11) is 0. The first-order chi connectivity index (χ1) is 14.1. The van der Waals surface area contributed by atoms with E-state index in [2.05, 4.69) is 25.3 Å². The second-order valence-corrected chi connectivity index (χ2v) is 6.10. The fourth-order valence-electron chi connectivity index (χ4n) is 2.78. The molecule has 3 heterocycles. The number of benzene rings is 1. The largest absolute Gasteiger partial charge is 0.435 e. The molecular formula is C18H10F6N6. The normalized spacial score (nSPS) is 12.3. The van der Waals surface area contributed by atoms with Crippen LogP contribution < -0.4 is 5.32 Å². The summed E-state index contributed by atoms with van der Waals surface area (Å²) in [6.07, 6.45) is -3.07. The van der Waals surface area contributed by atoms with E-state index in [1.807, 2.05) is 0 Å². The number of halogens is 6. The topological polar surface area (TPSA) is 68.0 Å². The molecule has 4 aromatic rings. The Balaban J connectivity index is 1.73. The lowest BCUT2D eigenvalue weighted by Gasteiger charge is -2.11. The molecule has 0 amide bonds. The van der Waals surface area contributed by atoms with Crippen LogP contribution in [0, 0.1) is 0 Å². The molecule has 30 heavy (non-hydrogen) atoms. The maximum absolute atomic E-state index is 13.5. The standard InChI is InChI=1S/C18H10F6N6/c19-17(20,21)10-1-3-11(4-2-10)27-13-8-26-7-12(28-13)15-16(18(22,23)24)29-14-9-25-5-6-30(14)15/h1-9H,(H,27,28). The minimum absolute atomic E-state index is 0.0253. The number of nitrogens with one attached hydrogen (secondary N) is 1. The molecule has 0 aliphatic carbocycles. The van der Waals surface area contributed by atoms with Crippen LogP contribution in [0.25, 0.3) is 17.0 Å². The van der Waals surface area contributed by atoms with Crippen LogP contribution in [0.4, 0.5) is 37.8 Å². The number of aromatic nitrogens is 5. The lowest BCUT2D eigenvalue weighted by Crippen LogP contribution is -2.09. The van der Waals surface area contributed by atoms with Crippen LogP contribution in [-0.4, -0.2) is 24.3 Å². The number of nitrogens with zero attached hydrogens (tertiary/aromatic N) is 5. The van der Waals surface area contributed by atoms with Gasteiger partial charge in [-0.25, -0.2) is 9.97 Å². The van der Waals surface area contributed by atoms with Gasteiger partial charge in [0.15, 0.2) is 11.3 Å². The van der Waals surface area contributed by atoms with Crippen LogP contribution in [0.2, 0.25) is 0 Å². The van der Waals surface area contributed by atoms with Gasteiger partial charge in [0, 0.05) is 18.1 Å². The van der Waals surface area contributed by atoms with Crippen molar-refractivity contribution >= 4 is 17.2 Å². The number of imidazole rings is 1. The zero-order valence-corrected chi connectivity index (χ0v) is 14.7. The molecule has 0 saturated heterocycles. The molecule has 154 valence electrons. The smallest absolute Gasteiger partial charge is 0.339 e. The van der Waals surface area contributed by atoms with Crippen molar-refractivity contribution in [3.05, 3.63) is 66.5 Å². The molecule has 6 nitrogen and oxygen atoms in total. The molecule has 1 N–H and O–H groups in total. The minimum atomic E-state index is -4.75. The van der Waals surface area contributed by atoms with E-state index < -0.39 is 23.6 Å². The summed E-state index contributed by atoms with van der Waals surface area (Å²) in [5, 5.41) is 2.73. The number of hydrogen-bond acceptors (Lipinski definition) is 5. The lowest BCUT2D eigenvalue weighted by atomic mass is 10.2. The van der Waals surface area contributed by atoms with Gasteiger partial charge >= 0.3 is 12.4 Å². The number of fused-ring (bicyclic) bond motifs is 1. The first-order valence-electron chi connectivity index (χ1n) is 8.29. The molecule has 12 heteroatoms. The fourth-order valence-corrected chi connectivity index (χ4v) is 2.78. The van der Waals surface area contributed by atoms with E-state index in [9.17, 15) is 26.3 Å². The van der Waals surface area contributed by atoms with Gasteiger partial charge in [0.1, 0.15) is 17.2 Å². The molecule has 0 aliphatic heterocycles. The average molecular weight is 424 g/mol. The summed E-state index contributed by atoms with van der Waals surface area (Å²) in [5.41, 5.74) is -2.21. The molecule has 0 spiro atoms. The molecule has 0 unspecified atom stereocenters. The van der Waals surface area contributed by atoms with Crippen LogP contribution in [0.15, 0.2) is 55.2 Å². The van der Waals surface area contributed by atoms with Gasteiger partial charge in [0.25, 0.3) is 0 Å². The van der Waals surface area contributed by atoms with Crippen molar-refractivity contribution in [1.29, 1.82) is 0 Å². The minimum Gasteiger partial charge on any atom is -0.339 e. The van der Waals surface area contributed by atoms with E-state index in [0.717, 1.165) is 18.3 Å². The van der Waals surface area contributed by atoms with E-state index in [1.165, 1.54) is 41.3 Å². The van der Waals surface area contributed by atoms with Crippen molar-refractivity contribution in [2.24, 2.45) is 0 Å². The SMILES string of the molecule is FC(F)(F)c1ccc(Nc2cncc(-c3c(C(F)(F)F)nc4cnccn34)n2)cc1. The zero-order valence-electron chi connectivity index (χ0n) is 14.7. The Kier molecular flexibility index (Phi) is 4.56. The van der Waals surface area contributed by atoms with Gasteiger partial charge in [-0.1, -0.05) is 0 Å². The van der Waals surface area contributed by atoms with Crippen molar-refractivity contribution < 1.29 is 26.3 Å². The Morgan fingerprint density at radius 3 is 2.20 bits per heavy atom. The molecule has 3 aromatic heterocycles. The van der Waals surface area contributed by atoms with Gasteiger partial charge in [-0.15, -0.1) is 0 Å². The molecule has 0 saturated carbocycles. The van der Waals surface area contributed by atoms with Crippen LogP contribution in [0.5, 0.6) is 0 Å². The van der Waals surface area contributed by atoms with Crippen molar-refractivity contribution in [3.63, 3.8) is 0 Å². The van der Waals surface area contributed by atoms with E-state index in [4.69, 9.17) is 0 Å². The Morgan fingerprint density at radius 2 is 1.53 bits per heavy atom. The van der Waals surface area contributed by atoms with Gasteiger partial charge in [0.2, 0.25) is 0 Å². The highest BCUT2D eigenvalue weighted by Gasteiger charge is 2.39. The van der Waals surface area contributed by atoms with Gasteiger partial charge in [-0.05, 0) is 24.3 Å². The molecule has 0 atom stereocenters. The third kappa shape index (κ3) is 3.75. The van der Waals surface area contributed by atoms with Gasteiger partial charge in [-0.3, -0.25) is 14.4 Å². The molecular weight excluding hydrogens is 414 g/mol. The lowest BCUT2D eigenvalue weighted by molar-refractivity contribution is -0.140. The number of anilines is 2. The predicted molar refractivity (Wildman–Crippen MR) is 93.7 cm³/mol. The summed E-state index contributed by atoms with van der Waals surface area (Å²) in [6, 6.07) is 4.11. The van der Waals surface area contributed by atoms with Crippen LogP contribution >= 0.6 is 0 Å². The van der Waals surface area contributed by atoms with E-state index in [0.29, 0.717) is 0 Å². The maximum atomic E-state index is 13.5. The number of rotatable bonds is 3. The summed E-state index contributed by atoms with van der Waals surface area (Å²) >= 11 is 0. The van der Waals surface area contributed by atoms with Gasteiger partial charge < -0.3 is 5.32 Å². The Hall–Kier alpha value is -3.70. The number of hydrogen-bond donors (Lipinski definition) is 1. The van der Waals surface area contributed by atoms with Crippen molar-refractivity contribution in [2.75, 3.05) is 5.32 Å². The van der Waals surface area contributed by atoms with Crippen molar-refractivity contribution in [3.8, 4) is 11.4 Å². The van der Waals surface area contributed by atoms with Crippen LogP contribution in [-0.2, 0) is 12.4 Å². The summed E-state index contributed by atoms with van der Waals surface area (Å²) < 4.78 is 79.7. The molecule has 0 fully saturated rings. The van der Waals surface area contributed by atoms with E-state index in [1.54, 1.807) is 0 Å². The molecule has 1 aromatic carbocycles. The Bertz CT molecular complexity index is 1200. The fraction of sp³-hybridized carbons (Fsp3) is 0.111. The number of alkyl halides is 6. The first-order valence-corrected chi connectivity index (χ1v) is 8.29. The first kappa shape index (κ1) is 19.6. The predicted octanol–water partition coefficient (Wildman–Crippen LogP) is 4.97. The second-order valence-electron chi connectivity index (χ2n) is 6.10. The molecule has 0 radical (unpaired) electrons. The maximum Gasteiger partial charge on any atom is 0.435 e. The Labute approximate surface area is 164 Å². The van der Waals surface area contributed by atoms with E-state index >= 15 is 0 Å². The van der Waals surface area contributed by atoms with E-state index in [-0.39, 0.29) is 28.5 Å². The third-order valence-corrected chi connectivity index (χ3v) is 4.06. The highest BCUT2D eigenvalue weighted by molar-refractivity contribution is 5.66. The quantitative estimate of drug-likeness (QED) is 0.471. The third-order valence-electron chi connectivity index (χ3n) is 4.06. The molecule has 4 rings (SSSR count). The zero-order chi connectivity index (χ0) is 21.5. The van der Waals surface area contributed by atoms with Gasteiger partial charge in [0.05, 0.1) is 24.2 Å². The van der Waals surface area contributed by atoms with Crippen LogP contribution in [0.3, 0.4) is 0 Å². The van der Waals surface area contributed by atoms with Crippen LogP contribution in [0.1, 0.15) is 11.3 Å². The highest BCUT2D eigenvalue weighted by atomic mass is 19.4. The van der Waals surface area contributed by atoms with Crippen molar-refractivity contribution in [2.45, 2.75) is 12.4 Å². The monoisotopic (exact) mass is 424 g/mol. The van der Waals surface area contributed by atoms with Crippen molar-refractivity contribution in [1.82, 2.24) is 24.3 Å². The average Bonchev–Trinajstić information content (AvgIpc) is 3.08. The van der Waals surface area contributed by atoms with Gasteiger partial charge in [-0.2, -0.15) is 26.3 Å². The highest BCUT2D eigenvalue weighted by Crippen LogP contribution is 2.36. The summed E-state index contributed by atoms with van der Waals surface area (Å²) in [5.74, 6) is 0.0457. The molecule has 0 bridgehead atoms. The summed E-state index contributed by atoms with van der Waals surface area (Å²) in [4.78, 5) is 15.4. The summed E-state index contributed by atoms with van der Waals surface area (Å²) in [6.45, 7) is 0. The second kappa shape index (κ2) is 6.97.